The maximum Gasteiger partial charge on any atom is 0.252 e. The Labute approximate surface area is 147 Å². The lowest BCUT2D eigenvalue weighted by atomic mass is 10.0. The van der Waals surface area contributed by atoms with Crippen molar-refractivity contribution in [3.8, 4) is 5.75 Å². The molecule has 1 aliphatic rings. The smallest absolute Gasteiger partial charge is 0.252 e. The fourth-order valence-electron chi connectivity index (χ4n) is 3.50. The molecule has 0 aliphatic carbocycles. The summed E-state index contributed by atoms with van der Waals surface area (Å²) in [6.45, 7) is 2.82. The number of carbonyl (C=O) groups excluding carboxylic acids is 1. The van der Waals surface area contributed by atoms with Gasteiger partial charge < -0.3 is 10.1 Å². The summed E-state index contributed by atoms with van der Waals surface area (Å²) in [5.41, 5.74) is 3.23. The van der Waals surface area contributed by atoms with Gasteiger partial charge in [-0.1, -0.05) is 48.5 Å². The van der Waals surface area contributed by atoms with E-state index in [1.807, 2.05) is 55.5 Å². The van der Waals surface area contributed by atoms with Crippen LogP contribution in [0.4, 0.5) is 0 Å². The zero-order valence-electron chi connectivity index (χ0n) is 14.3. The van der Waals surface area contributed by atoms with Gasteiger partial charge in [0, 0.05) is 18.0 Å². The fraction of sp³-hybridized carbons (Fsp3) is 0.227. The van der Waals surface area contributed by atoms with E-state index < -0.39 is 0 Å². The Balaban J connectivity index is 1.48. The molecule has 1 heterocycles. The molecule has 0 saturated heterocycles. The van der Waals surface area contributed by atoms with Gasteiger partial charge in [0.05, 0.1) is 6.61 Å². The van der Waals surface area contributed by atoms with Crippen LogP contribution in [-0.2, 0) is 12.8 Å². The average Bonchev–Trinajstić information content (AvgIpc) is 3.08. The van der Waals surface area contributed by atoms with Crippen LogP contribution >= 0.6 is 0 Å². The standard InChI is InChI=1S/C22H21NO2/c1-15(13-16-9-10-21-18(14-16)11-12-25-21)23-22(24)20-8-4-6-17-5-2-3-7-19(17)20/h2-10,14-15H,11-13H2,1H3,(H,23,24). The summed E-state index contributed by atoms with van der Waals surface area (Å²) in [6.07, 6.45) is 1.78. The third-order valence-corrected chi connectivity index (χ3v) is 4.71. The van der Waals surface area contributed by atoms with E-state index in [1.54, 1.807) is 0 Å². The van der Waals surface area contributed by atoms with Gasteiger partial charge in [0.15, 0.2) is 0 Å². The van der Waals surface area contributed by atoms with Gasteiger partial charge in [-0.3, -0.25) is 4.79 Å². The van der Waals surface area contributed by atoms with Crippen LogP contribution in [0.3, 0.4) is 0 Å². The van der Waals surface area contributed by atoms with E-state index in [4.69, 9.17) is 4.74 Å². The van der Waals surface area contributed by atoms with Crippen LogP contribution in [0.1, 0.15) is 28.4 Å². The van der Waals surface area contributed by atoms with Gasteiger partial charge in [0.1, 0.15) is 5.75 Å². The monoisotopic (exact) mass is 331 g/mol. The normalized spacial score (nSPS) is 14.0. The Morgan fingerprint density at radius 3 is 2.88 bits per heavy atom. The molecular formula is C22H21NO2. The van der Waals surface area contributed by atoms with E-state index in [0.29, 0.717) is 0 Å². The second-order valence-corrected chi connectivity index (χ2v) is 6.65. The molecule has 1 unspecified atom stereocenters. The maximum atomic E-state index is 12.7. The van der Waals surface area contributed by atoms with Gasteiger partial charge >= 0.3 is 0 Å². The van der Waals surface area contributed by atoms with Crippen molar-refractivity contribution in [3.63, 3.8) is 0 Å². The number of hydrogen-bond donors (Lipinski definition) is 1. The molecular weight excluding hydrogens is 310 g/mol. The Morgan fingerprint density at radius 2 is 1.96 bits per heavy atom. The SMILES string of the molecule is CC(Cc1ccc2c(c1)CCO2)NC(=O)c1cccc2ccccc12. The Hall–Kier alpha value is -2.81. The van der Waals surface area contributed by atoms with Crippen LogP contribution in [0.15, 0.2) is 60.7 Å². The predicted octanol–water partition coefficient (Wildman–Crippen LogP) is 4.14. The average molecular weight is 331 g/mol. The third kappa shape index (κ3) is 3.22. The number of ether oxygens (including phenoxy) is 1. The first-order valence-electron chi connectivity index (χ1n) is 8.74. The summed E-state index contributed by atoms with van der Waals surface area (Å²) in [7, 11) is 0. The van der Waals surface area contributed by atoms with Gasteiger partial charge in [0.25, 0.3) is 5.91 Å². The Kier molecular flexibility index (Phi) is 4.14. The van der Waals surface area contributed by atoms with Crippen molar-refractivity contribution in [1.82, 2.24) is 5.32 Å². The molecule has 126 valence electrons. The largest absolute Gasteiger partial charge is 0.493 e. The molecule has 3 nitrogen and oxygen atoms in total. The van der Waals surface area contributed by atoms with Crippen LogP contribution in [-0.4, -0.2) is 18.6 Å². The van der Waals surface area contributed by atoms with Crippen molar-refractivity contribution in [2.45, 2.75) is 25.8 Å². The predicted molar refractivity (Wildman–Crippen MR) is 100 cm³/mol. The Bertz CT molecular complexity index is 927. The highest BCUT2D eigenvalue weighted by Gasteiger charge is 2.15. The zero-order valence-corrected chi connectivity index (χ0v) is 14.3. The summed E-state index contributed by atoms with van der Waals surface area (Å²) < 4.78 is 5.55. The van der Waals surface area contributed by atoms with Gasteiger partial charge in [-0.15, -0.1) is 0 Å². The van der Waals surface area contributed by atoms with Crippen LogP contribution in [0.5, 0.6) is 5.75 Å². The minimum absolute atomic E-state index is 0.0196. The van der Waals surface area contributed by atoms with Crippen molar-refractivity contribution < 1.29 is 9.53 Å². The van der Waals surface area contributed by atoms with Crippen molar-refractivity contribution in [1.29, 1.82) is 0 Å². The highest BCUT2D eigenvalue weighted by Crippen LogP contribution is 2.26. The molecule has 1 atom stereocenters. The number of rotatable bonds is 4. The van der Waals surface area contributed by atoms with Crippen molar-refractivity contribution >= 4 is 16.7 Å². The first-order chi connectivity index (χ1) is 12.2. The molecule has 0 saturated carbocycles. The van der Waals surface area contributed by atoms with Gasteiger partial charge in [-0.25, -0.2) is 0 Å². The van der Waals surface area contributed by atoms with Crippen molar-refractivity contribution in [2.24, 2.45) is 0 Å². The minimum Gasteiger partial charge on any atom is -0.493 e. The molecule has 1 aliphatic heterocycles. The number of carbonyl (C=O) groups is 1. The van der Waals surface area contributed by atoms with Gasteiger partial charge in [0.2, 0.25) is 0 Å². The van der Waals surface area contributed by atoms with Crippen molar-refractivity contribution in [3.05, 3.63) is 77.4 Å². The molecule has 0 fully saturated rings. The second kappa shape index (κ2) is 6.60. The van der Waals surface area contributed by atoms with Crippen LogP contribution in [0.2, 0.25) is 0 Å². The topological polar surface area (TPSA) is 38.3 Å². The maximum absolute atomic E-state index is 12.7. The van der Waals surface area contributed by atoms with E-state index in [9.17, 15) is 4.79 Å². The first-order valence-corrected chi connectivity index (χ1v) is 8.74. The number of nitrogens with one attached hydrogen (secondary N) is 1. The van der Waals surface area contributed by atoms with E-state index in [1.165, 1.54) is 11.1 Å². The molecule has 1 N–H and O–H groups in total. The quantitative estimate of drug-likeness (QED) is 0.780. The molecule has 0 spiro atoms. The minimum atomic E-state index is -0.0196. The zero-order chi connectivity index (χ0) is 17.2. The summed E-state index contributed by atoms with van der Waals surface area (Å²) >= 11 is 0. The van der Waals surface area contributed by atoms with E-state index >= 15 is 0 Å². The lowest BCUT2D eigenvalue weighted by molar-refractivity contribution is 0.0942. The van der Waals surface area contributed by atoms with Gasteiger partial charge in [-0.2, -0.15) is 0 Å². The molecule has 4 rings (SSSR count). The van der Waals surface area contributed by atoms with E-state index in [-0.39, 0.29) is 11.9 Å². The van der Waals surface area contributed by atoms with E-state index in [0.717, 1.165) is 41.5 Å². The van der Waals surface area contributed by atoms with E-state index in [2.05, 4.69) is 17.4 Å². The summed E-state index contributed by atoms with van der Waals surface area (Å²) in [5.74, 6) is 0.977. The Morgan fingerprint density at radius 1 is 1.12 bits per heavy atom. The molecule has 3 aromatic rings. The lowest BCUT2D eigenvalue weighted by Crippen LogP contribution is -2.34. The number of benzene rings is 3. The molecule has 1 amide bonds. The highest BCUT2D eigenvalue weighted by atomic mass is 16.5. The van der Waals surface area contributed by atoms with Crippen LogP contribution in [0, 0.1) is 0 Å². The molecule has 0 bridgehead atoms. The number of fused-ring (bicyclic) bond motifs is 2. The summed E-state index contributed by atoms with van der Waals surface area (Å²) in [4.78, 5) is 12.7. The second-order valence-electron chi connectivity index (χ2n) is 6.65. The van der Waals surface area contributed by atoms with Crippen LogP contribution < -0.4 is 10.1 Å². The summed E-state index contributed by atoms with van der Waals surface area (Å²) in [6, 6.07) is 20.2. The lowest BCUT2D eigenvalue weighted by Gasteiger charge is -2.15. The third-order valence-electron chi connectivity index (χ3n) is 4.71. The van der Waals surface area contributed by atoms with Crippen molar-refractivity contribution in [2.75, 3.05) is 6.61 Å². The molecule has 0 radical (unpaired) electrons. The number of hydrogen-bond acceptors (Lipinski definition) is 2. The fourth-order valence-corrected chi connectivity index (χ4v) is 3.50. The molecule has 3 aromatic carbocycles. The highest BCUT2D eigenvalue weighted by molar-refractivity contribution is 6.07. The van der Waals surface area contributed by atoms with Gasteiger partial charge in [-0.05, 0) is 47.4 Å². The number of amides is 1. The molecule has 3 heteroatoms. The van der Waals surface area contributed by atoms with Crippen LogP contribution in [0.25, 0.3) is 10.8 Å². The molecule has 25 heavy (non-hydrogen) atoms. The first kappa shape index (κ1) is 15.7. The molecule has 0 aromatic heterocycles. The summed E-state index contributed by atoms with van der Waals surface area (Å²) in [5, 5.41) is 5.21.